The maximum Gasteiger partial charge on any atom is 0.0694 e. The van der Waals surface area contributed by atoms with Crippen LogP contribution in [-0.2, 0) is 0 Å². The molecule has 0 spiro atoms. The fourth-order valence-electron chi connectivity index (χ4n) is 0.616. The molecular formula is C8H15ClS. The lowest BCUT2D eigenvalue weighted by Crippen LogP contribution is -1.70. The van der Waals surface area contributed by atoms with Crippen LogP contribution < -0.4 is 0 Å². The first-order valence-corrected chi connectivity index (χ1v) is 5.16. The highest BCUT2D eigenvalue weighted by Crippen LogP contribution is 2.20. The number of unbranched alkanes of at least 4 members (excludes halogenated alkanes) is 2. The van der Waals surface area contributed by atoms with E-state index in [1.54, 1.807) is 11.8 Å². The van der Waals surface area contributed by atoms with E-state index in [0.717, 1.165) is 16.5 Å². The van der Waals surface area contributed by atoms with Crippen molar-refractivity contribution < 1.29 is 0 Å². The standard InChI is InChI=1S/C8H15ClS/c1-3-5-6-7-8(9)10-4-2/h7H,3-6H2,1-2H3. The van der Waals surface area contributed by atoms with Gasteiger partial charge >= 0.3 is 0 Å². The molecule has 0 N–H and O–H groups in total. The second-order valence-corrected chi connectivity index (χ2v) is 4.02. The minimum Gasteiger partial charge on any atom is -0.115 e. The maximum atomic E-state index is 5.84. The lowest BCUT2D eigenvalue weighted by Gasteiger charge is -1.93. The third-order valence-corrected chi connectivity index (χ3v) is 2.36. The Labute approximate surface area is 73.0 Å². The lowest BCUT2D eigenvalue weighted by atomic mass is 10.2. The van der Waals surface area contributed by atoms with Crippen LogP contribution in [-0.4, -0.2) is 5.75 Å². The van der Waals surface area contributed by atoms with Crippen LogP contribution in [0.1, 0.15) is 33.1 Å². The molecule has 0 aromatic carbocycles. The summed E-state index contributed by atoms with van der Waals surface area (Å²) in [6.07, 6.45) is 5.74. The Morgan fingerprint density at radius 2 is 2.20 bits per heavy atom. The van der Waals surface area contributed by atoms with Gasteiger partial charge in [-0.2, -0.15) is 0 Å². The molecule has 0 fully saturated rings. The fraction of sp³-hybridized carbons (Fsp3) is 0.750. The molecule has 0 aromatic heterocycles. The summed E-state index contributed by atoms with van der Waals surface area (Å²) in [7, 11) is 0. The fourth-order valence-corrected chi connectivity index (χ4v) is 1.56. The molecule has 0 saturated heterocycles. The van der Waals surface area contributed by atoms with Gasteiger partial charge in [0.05, 0.1) is 4.36 Å². The van der Waals surface area contributed by atoms with Gasteiger partial charge in [-0.3, -0.25) is 0 Å². The Kier molecular flexibility index (Phi) is 7.77. The zero-order valence-electron chi connectivity index (χ0n) is 6.69. The summed E-state index contributed by atoms with van der Waals surface area (Å²) in [5.41, 5.74) is 0. The van der Waals surface area contributed by atoms with E-state index in [0.29, 0.717) is 0 Å². The first kappa shape index (κ1) is 10.4. The van der Waals surface area contributed by atoms with Crippen molar-refractivity contribution in [3.63, 3.8) is 0 Å². The SMILES string of the molecule is CCCCC=C(Cl)SCC. The summed E-state index contributed by atoms with van der Waals surface area (Å²) < 4.78 is 0.955. The van der Waals surface area contributed by atoms with Gasteiger partial charge in [0, 0.05) is 0 Å². The second kappa shape index (κ2) is 7.49. The molecule has 0 unspecified atom stereocenters. The van der Waals surface area contributed by atoms with Gasteiger partial charge in [-0.25, -0.2) is 0 Å². The van der Waals surface area contributed by atoms with Gasteiger partial charge < -0.3 is 0 Å². The summed E-state index contributed by atoms with van der Waals surface area (Å²) >= 11 is 7.55. The number of thioether (sulfide) groups is 1. The van der Waals surface area contributed by atoms with Crippen molar-refractivity contribution in [3.05, 3.63) is 10.4 Å². The van der Waals surface area contributed by atoms with Gasteiger partial charge in [-0.1, -0.05) is 44.4 Å². The van der Waals surface area contributed by atoms with Gasteiger partial charge in [0.1, 0.15) is 0 Å². The second-order valence-electron chi connectivity index (χ2n) is 2.08. The van der Waals surface area contributed by atoms with Crippen LogP contribution >= 0.6 is 23.4 Å². The highest BCUT2D eigenvalue weighted by atomic mass is 35.5. The molecule has 0 saturated carbocycles. The van der Waals surface area contributed by atoms with Crippen molar-refractivity contribution in [2.24, 2.45) is 0 Å². The van der Waals surface area contributed by atoms with E-state index in [2.05, 4.69) is 19.9 Å². The number of rotatable bonds is 5. The van der Waals surface area contributed by atoms with Crippen LogP contribution in [0.2, 0.25) is 0 Å². The summed E-state index contributed by atoms with van der Waals surface area (Å²) in [4.78, 5) is 0. The summed E-state index contributed by atoms with van der Waals surface area (Å²) in [5.74, 6) is 1.07. The summed E-state index contributed by atoms with van der Waals surface area (Å²) in [6, 6.07) is 0. The first-order chi connectivity index (χ1) is 4.81. The monoisotopic (exact) mass is 178 g/mol. The molecule has 0 aliphatic rings. The zero-order valence-corrected chi connectivity index (χ0v) is 8.26. The minimum atomic E-state index is 0.955. The molecule has 0 atom stereocenters. The Hall–Kier alpha value is 0.380. The van der Waals surface area contributed by atoms with Gasteiger partial charge in [0.2, 0.25) is 0 Å². The van der Waals surface area contributed by atoms with E-state index in [4.69, 9.17) is 11.6 Å². The number of allylic oxidation sites excluding steroid dienone is 1. The Morgan fingerprint density at radius 3 is 2.70 bits per heavy atom. The maximum absolute atomic E-state index is 5.84. The molecule has 60 valence electrons. The predicted octanol–water partition coefficient (Wildman–Crippen LogP) is 4.01. The minimum absolute atomic E-state index is 0.955. The summed E-state index contributed by atoms with van der Waals surface area (Å²) in [6.45, 7) is 4.30. The third kappa shape index (κ3) is 6.50. The number of hydrogen-bond acceptors (Lipinski definition) is 1. The average molecular weight is 179 g/mol. The number of hydrogen-bond donors (Lipinski definition) is 0. The van der Waals surface area contributed by atoms with Crippen molar-refractivity contribution in [1.29, 1.82) is 0 Å². The Bertz CT molecular complexity index is 99.4. The van der Waals surface area contributed by atoms with E-state index in [1.807, 2.05) is 0 Å². The van der Waals surface area contributed by atoms with Crippen molar-refractivity contribution in [1.82, 2.24) is 0 Å². The Balaban J connectivity index is 3.28. The van der Waals surface area contributed by atoms with E-state index in [1.165, 1.54) is 12.8 Å². The quantitative estimate of drug-likeness (QED) is 0.574. The highest BCUT2D eigenvalue weighted by molar-refractivity contribution is 8.04. The predicted molar refractivity (Wildman–Crippen MR) is 51.6 cm³/mol. The third-order valence-electron chi connectivity index (χ3n) is 1.14. The topological polar surface area (TPSA) is 0 Å². The smallest absolute Gasteiger partial charge is 0.0694 e. The normalized spacial score (nSPS) is 12.1. The molecule has 2 heteroatoms. The van der Waals surface area contributed by atoms with Gasteiger partial charge in [-0.05, 0) is 12.2 Å². The van der Waals surface area contributed by atoms with E-state index >= 15 is 0 Å². The molecule has 0 aliphatic heterocycles. The van der Waals surface area contributed by atoms with Crippen LogP contribution in [0.3, 0.4) is 0 Å². The van der Waals surface area contributed by atoms with Crippen LogP contribution in [0.25, 0.3) is 0 Å². The average Bonchev–Trinajstić information content (AvgIpc) is 1.89. The lowest BCUT2D eigenvalue weighted by molar-refractivity contribution is 0.815. The van der Waals surface area contributed by atoms with Gasteiger partial charge in [-0.15, -0.1) is 11.8 Å². The van der Waals surface area contributed by atoms with E-state index in [-0.39, 0.29) is 0 Å². The molecule has 0 rings (SSSR count). The van der Waals surface area contributed by atoms with Crippen LogP contribution in [0.5, 0.6) is 0 Å². The van der Waals surface area contributed by atoms with Crippen LogP contribution in [0, 0.1) is 0 Å². The zero-order chi connectivity index (χ0) is 7.82. The molecule has 0 aromatic rings. The van der Waals surface area contributed by atoms with E-state index < -0.39 is 0 Å². The van der Waals surface area contributed by atoms with Gasteiger partial charge in [0.15, 0.2) is 0 Å². The molecular weight excluding hydrogens is 164 g/mol. The molecule has 0 radical (unpaired) electrons. The Morgan fingerprint density at radius 1 is 1.50 bits per heavy atom. The highest BCUT2D eigenvalue weighted by Gasteiger charge is 1.88. The molecule has 0 amide bonds. The molecule has 0 nitrogen and oxygen atoms in total. The van der Waals surface area contributed by atoms with Gasteiger partial charge in [0.25, 0.3) is 0 Å². The molecule has 0 aliphatic carbocycles. The first-order valence-electron chi connectivity index (χ1n) is 3.79. The van der Waals surface area contributed by atoms with Crippen LogP contribution in [0.15, 0.2) is 10.4 Å². The van der Waals surface area contributed by atoms with Crippen molar-refractivity contribution in [2.75, 3.05) is 5.75 Å². The van der Waals surface area contributed by atoms with Crippen molar-refractivity contribution in [3.8, 4) is 0 Å². The van der Waals surface area contributed by atoms with E-state index in [9.17, 15) is 0 Å². The van der Waals surface area contributed by atoms with Crippen molar-refractivity contribution in [2.45, 2.75) is 33.1 Å². The summed E-state index contributed by atoms with van der Waals surface area (Å²) in [5, 5.41) is 0. The van der Waals surface area contributed by atoms with Crippen LogP contribution in [0.4, 0.5) is 0 Å². The van der Waals surface area contributed by atoms with Crippen molar-refractivity contribution >= 4 is 23.4 Å². The number of halogens is 1. The molecule has 0 bridgehead atoms. The molecule has 10 heavy (non-hydrogen) atoms. The molecule has 0 heterocycles. The largest absolute Gasteiger partial charge is 0.115 e.